The van der Waals surface area contributed by atoms with Gasteiger partial charge >= 0.3 is 0 Å². The molecule has 0 aliphatic heterocycles. The van der Waals surface area contributed by atoms with Crippen molar-refractivity contribution in [1.29, 1.82) is 0 Å². The highest BCUT2D eigenvalue weighted by atomic mass is 79.9. The lowest BCUT2D eigenvalue weighted by Gasteiger charge is -2.06. The van der Waals surface area contributed by atoms with E-state index in [0.717, 1.165) is 0 Å². The Morgan fingerprint density at radius 3 is 2.93 bits per heavy atom. The van der Waals surface area contributed by atoms with Crippen LogP contribution in [-0.4, -0.2) is 24.2 Å². The number of halogens is 2. The average Bonchev–Trinajstić information content (AvgIpc) is 2.22. The van der Waals surface area contributed by atoms with Gasteiger partial charge < -0.3 is 10.4 Å². The van der Waals surface area contributed by atoms with E-state index in [1.165, 1.54) is 0 Å². The van der Waals surface area contributed by atoms with Crippen LogP contribution in [0.5, 0.6) is 0 Å². The van der Waals surface area contributed by atoms with Crippen molar-refractivity contribution in [1.82, 2.24) is 5.32 Å². The third kappa shape index (κ3) is 3.81. The Balaban J connectivity index is 2.68. The fourth-order valence-corrected chi connectivity index (χ4v) is 1.65. The van der Waals surface area contributed by atoms with E-state index < -0.39 is 0 Å². The molecule has 1 aromatic rings. The second kappa shape index (κ2) is 6.10. The predicted molar refractivity (Wildman–Crippen MR) is 63.2 cm³/mol. The molecule has 0 aromatic heterocycles. The Labute approximate surface area is 102 Å². The second-order valence-electron chi connectivity index (χ2n) is 2.96. The number of benzene rings is 1. The Hall–Kier alpha value is -0.580. The maximum Gasteiger partial charge on any atom is 0.252 e. The van der Waals surface area contributed by atoms with Crippen LogP contribution in [0.2, 0.25) is 5.02 Å². The van der Waals surface area contributed by atoms with Gasteiger partial charge in [-0.1, -0.05) is 11.6 Å². The van der Waals surface area contributed by atoms with E-state index in [1.54, 1.807) is 18.2 Å². The van der Waals surface area contributed by atoms with E-state index in [-0.39, 0.29) is 12.5 Å². The number of rotatable bonds is 4. The Morgan fingerprint density at radius 1 is 1.53 bits per heavy atom. The van der Waals surface area contributed by atoms with Crippen molar-refractivity contribution in [3.8, 4) is 0 Å². The van der Waals surface area contributed by atoms with E-state index >= 15 is 0 Å². The van der Waals surface area contributed by atoms with Crippen LogP contribution in [0, 0.1) is 0 Å². The van der Waals surface area contributed by atoms with E-state index in [2.05, 4.69) is 21.2 Å². The number of carbonyl (C=O) groups is 1. The summed E-state index contributed by atoms with van der Waals surface area (Å²) >= 11 is 9.05. The minimum atomic E-state index is -0.196. The van der Waals surface area contributed by atoms with E-state index in [0.29, 0.717) is 28.0 Å². The normalized spacial score (nSPS) is 10.1. The number of nitrogens with one attached hydrogen (secondary N) is 1. The number of hydrogen-bond donors (Lipinski definition) is 2. The van der Waals surface area contributed by atoms with E-state index in [1.807, 2.05) is 0 Å². The van der Waals surface area contributed by atoms with Crippen LogP contribution in [-0.2, 0) is 0 Å². The standard InChI is InChI=1S/C10H11BrClNO2/c11-9-3-2-7(12)6-8(9)10(15)13-4-1-5-14/h2-3,6,14H,1,4-5H2,(H,13,15). The molecule has 0 saturated heterocycles. The molecule has 82 valence electrons. The van der Waals surface area contributed by atoms with Gasteiger partial charge in [0.25, 0.3) is 5.91 Å². The summed E-state index contributed by atoms with van der Waals surface area (Å²) in [5, 5.41) is 11.8. The lowest BCUT2D eigenvalue weighted by atomic mass is 10.2. The number of aliphatic hydroxyl groups is 1. The minimum absolute atomic E-state index is 0.0665. The summed E-state index contributed by atoms with van der Waals surface area (Å²) < 4.78 is 0.702. The van der Waals surface area contributed by atoms with E-state index in [4.69, 9.17) is 16.7 Å². The van der Waals surface area contributed by atoms with Gasteiger partial charge in [0.1, 0.15) is 0 Å². The molecule has 0 aliphatic carbocycles. The summed E-state index contributed by atoms with van der Waals surface area (Å²) in [5.74, 6) is -0.196. The molecule has 1 rings (SSSR count). The lowest BCUT2D eigenvalue weighted by Crippen LogP contribution is -2.25. The van der Waals surface area contributed by atoms with Gasteiger partial charge in [-0.3, -0.25) is 4.79 Å². The highest BCUT2D eigenvalue weighted by Gasteiger charge is 2.09. The monoisotopic (exact) mass is 291 g/mol. The number of aliphatic hydroxyl groups excluding tert-OH is 1. The quantitative estimate of drug-likeness (QED) is 0.836. The van der Waals surface area contributed by atoms with Crippen LogP contribution >= 0.6 is 27.5 Å². The first-order valence-corrected chi connectivity index (χ1v) is 5.66. The Kier molecular flexibility index (Phi) is 5.08. The van der Waals surface area contributed by atoms with Gasteiger partial charge in [0.05, 0.1) is 5.56 Å². The largest absolute Gasteiger partial charge is 0.396 e. The third-order valence-corrected chi connectivity index (χ3v) is 2.72. The Bertz CT molecular complexity index is 357. The summed E-state index contributed by atoms with van der Waals surface area (Å²) in [5.41, 5.74) is 0.500. The van der Waals surface area contributed by atoms with Gasteiger partial charge in [-0.25, -0.2) is 0 Å². The molecule has 0 saturated carbocycles. The maximum atomic E-state index is 11.6. The molecule has 0 radical (unpaired) electrons. The van der Waals surface area contributed by atoms with Crippen molar-refractivity contribution in [3.05, 3.63) is 33.3 Å². The molecule has 0 bridgehead atoms. The summed E-state index contributed by atoms with van der Waals surface area (Å²) in [6.07, 6.45) is 0.546. The SMILES string of the molecule is O=C(NCCCO)c1cc(Cl)ccc1Br. The van der Waals surface area contributed by atoms with Gasteiger partial charge in [-0.05, 0) is 40.5 Å². The van der Waals surface area contributed by atoms with Crippen LogP contribution in [0.25, 0.3) is 0 Å². The van der Waals surface area contributed by atoms with Crippen molar-refractivity contribution in [2.24, 2.45) is 0 Å². The van der Waals surface area contributed by atoms with Crippen LogP contribution < -0.4 is 5.32 Å². The number of hydrogen-bond acceptors (Lipinski definition) is 2. The first-order valence-electron chi connectivity index (χ1n) is 4.49. The summed E-state index contributed by atoms with van der Waals surface area (Å²) in [4.78, 5) is 11.6. The Morgan fingerprint density at radius 2 is 2.27 bits per heavy atom. The highest BCUT2D eigenvalue weighted by Crippen LogP contribution is 2.20. The molecule has 1 aromatic carbocycles. The molecule has 0 aliphatic rings. The predicted octanol–water partition coefficient (Wildman–Crippen LogP) is 2.21. The molecule has 3 nitrogen and oxygen atoms in total. The first-order chi connectivity index (χ1) is 7.15. The molecule has 0 unspecified atom stereocenters. The maximum absolute atomic E-state index is 11.6. The van der Waals surface area contributed by atoms with Crippen molar-refractivity contribution in [2.75, 3.05) is 13.2 Å². The van der Waals surface area contributed by atoms with Crippen molar-refractivity contribution < 1.29 is 9.90 Å². The van der Waals surface area contributed by atoms with Gasteiger partial charge in [0.2, 0.25) is 0 Å². The average molecular weight is 293 g/mol. The van der Waals surface area contributed by atoms with Crippen LogP contribution in [0.3, 0.4) is 0 Å². The fourth-order valence-electron chi connectivity index (χ4n) is 1.05. The summed E-state index contributed by atoms with van der Waals surface area (Å²) in [7, 11) is 0. The molecular weight excluding hydrogens is 281 g/mol. The van der Waals surface area contributed by atoms with Gasteiger partial charge in [0, 0.05) is 22.6 Å². The number of amides is 1. The first kappa shape index (κ1) is 12.5. The van der Waals surface area contributed by atoms with Gasteiger partial charge in [-0.15, -0.1) is 0 Å². The topological polar surface area (TPSA) is 49.3 Å². The zero-order valence-corrected chi connectivity index (χ0v) is 10.3. The lowest BCUT2D eigenvalue weighted by molar-refractivity contribution is 0.0950. The molecule has 0 heterocycles. The smallest absolute Gasteiger partial charge is 0.252 e. The number of carbonyl (C=O) groups excluding carboxylic acids is 1. The van der Waals surface area contributed by atoms with Gasteiger partial charge in [-0.2, -0.15) is 0 Å². The molecule has 0 atom stereocenters. The zero-order chi connectivity index (χ0) is 11.3. The zero-order valence-electron chi connectivity index (χ0n) is 7.96. The van der Waals surface area contributed by atoms with Crippen LogP contribution in [0.4, 0.5) is 0 Å². The molecule has 0 fully saturated rings. The third-order valence-electron chi connectivity index (χ3n) is 1.79. The molecule has 5 heteroatoms. The van der Waals surface area contributed by atoms with Crippen molar-refractivity contribution in [2.45, 2.75) is 6.42 Å². The fraction of sp³-hybridized carbons (Fsp3) is 0.300. The van der Waals surface area contributed by atoms with Crippen molar-refractivity contribution >= 4 is 33.4 Å². The van der Waals surface area contributed by atoms with Crippen LogP contribution in [0.1, 0.15) is 16.8 Å². The minimum Gasteiger partial charge on any atom is -0.396 e. The van der Waals surface area contributed by atoms with Gasteiger partial charge in [0.15, 0.2) is 0 Å². The molecule has 1 amide bonds. The molecule has 15 heavy (non-hydrogen) atoms. The van der Waals surface area contributed by atoms with E-state index in [9.17, 15) is 4.79 Å². The molecule has 0 spiro atoms. The summed E-state index contributed by atoms with van der Waals surface area (Å²) in [6.45, 7) is 0.519. The highest BCUT2D eigenvalue weighted by molar-refractivity contribution is 9.10. The summed E-state index contributed by atoms with van der Waals surface area (Å²) in [6, 6.07) is 5.03. The second-order valence-corrected chi connectivity index (χ2v) is 4.25. The van der Waals surface area contributed by atoms with Crippen molar-refractivity contribution in [3.63, 3.8) is 0 Å². The van der Waals surface area contributed by atoms with Crippen LogP contribution in [0.15, 0.2) is 22.7 Å². The molecular formula is C10H11BrClNO2. The molecule has 2 N–H and O–H groups in total.